The predicted octanol–water partition coefficient (Wildman–Crippen LogP) is 4.07. The zero-order chi connectivity index (χ0) is 15.1. The van der Waals surface area contributed by atoms with Crippen LogP contribution in [0.25, 0.3) is 0 Å². The molecule has 0 fully saturated rings. The van der Waals surface area contributed by atoms with E-state index in [0.717, 1.165) is 18.4 Å². The highest BCUT2D eigenvalue weighted by atomic mass is 35.5. The Bertz CT molecular complexity index is 419. The third kappa shape index (κ3) is 5.14. The molecule has 0 saturated heterocycles. The summed E-state index contributed by atoms with van der Waals surface area (Å²) in [5, 5.41) is 13.2. The average molecular weight is 298 g/mol. The summed E-state index contributed by atoms with van der Waals surface area (Å²) >= 11 is 5.89. The summed E-state index contributed by atoms with van der Waals surface area (Å²) in [6, 6.07) is 7.34. The lowest BCUT2D eigenvalue weighted by atomic mass is 9.93. The SMILES string of the molecule is CCCC[C@H](NC(C)C(C)c1ccc(Cl)cc1)C(=O)O. The molecule has 4 heteroatoms. The van der Waals surface area contributed by atoms with Crippen molar-refractivity contribution in [2.45, 2.75) is 58.0 Å². The van der Waals surface area contributed by atoms with Crippen LogP contribution in [0.3, 0.4) is 0 Å². The molecule has 1 aromatic rings. The van der Waals surface area contributed by atoms with Gasteiger partial charge < -0.3 is 10.4 Å². The molecule has 0 spiro atoms. The standard InChI is InChI=1S/C16H24ClNO2/c1-4-5-6-15(16(19)20)18-12(3)11(2)13-7-9-14(17)10-8-13/h7-12,15,18H,4-6H2,1-3H3,(H,19,20)/t11?,12?,15-/m0/s1. The molecule has 112 valence electrons. The van der Waals surface area contributed by atoms with E-state index in [4.69, 9.17) is 11.6 Å². The molecule has 1 rings (SSSR count). The Morgan fingerprint density at radius 2 is 1.90 bits per heavy atom. The molecule has 3 nitrogen and oxygen atoms in total. The van der Waals surface area contributed by atoms with Crippen LogP contribution in [-0.4, -0.2) is 23.2 Å². The molecular weight excluding hydrogens is 274 g/mol. The van der Waals surface area contributed by atoms with Crippen LogP contribution in [0.15, 0.2) is 24.3 Å². The van der Waals surface area contributed by atoms with Crippen molar-refractivity contribution in [2.24, 2.45) is 0 Å². The first-order valence-electron chi connectivity index (χ1n) is 7.20. The zero-order valence-electron chi connectivity index (χ0n) is 12.4. The average Bonchev–Trinajstić information content (AvgIpc) is 2.42. The van der Waals surface area contributed by atoms with E-state index < -0.39 is 12.0 Å². The summed E-state index contributed by atoms with van der Waals surface area (Å²) in [7, 11) is 0. The third-order valence-electron chi connectivity index (χ3n) is 3.75. The largest absolute Gasteiger partial charge is 0.480 e. The number of rotatable bonds is 8. The third-order valence-corrected chi connectivity index (χ3v) is 4.01. The van der Waals surface area contributed by atoms with Crippen molar-refractivity contribution < 1.29 is 9.90 Å². The first kappa shape index (κ1) is 17.0. The quantitative estimate of drug-likeness (QED) is 0.760. The first-order chi connectivity index (χ1) is 9.45. The number of carbonyl (C=O) groups is 1. The molecule has 2 unspecified atom stereocenters. The van der Waals surface area contributed by atoms with E-state index in [0.29, 0.717) is 11.4 Å². The van der Waals surface area contributed by atoms with E-state index in [2.05, 4.69) is 19.2 Å². The van der Waals surface area contributed by atoms with Gasteiger partial charge in [0.1, 0.15) is 6.04 Å². The number of carboxylic acid groups (broad SMARTS) is 1. The Balaban J connectivity index is 2.65. The molecule has 0 aliphatic rings. The predicted molar refractivity (Wildman–Crippen MR) is 83.4 cm³/mol. The lowest BCUT2D eigenvalue weighted by Crippen LogP contribution is -2.44. The van der Waals surface area contributed by atoms with Crippen LogP contribution in [0.5, 0.6) is 0 Å². The van der Waals surface area contributed by atoms with Gasteiger partial charge in [-0.05, 0) is 37.0 Å². The van der Waals surface area contributed by atoms with Gasteiger partial charge >= 0.3 is 5.97 Å². The number of hydrogen-bond acceptors (Lipinski definition) is 2. The first-order valence-corrected chi connectivity index (χ1v) is 7.57. The maximum absolute atomic E-state index is 11.3. The molecule has 0 aliphatic carbocycles. The van der Waals surface area contributed by atoms with Crippen LogP contribution < -0.4 is 5.32 Å². The van der Waals surface area contributed by atoms with Crippen molar-refractivity contribution in [1.29, 1.82) is 0 Å². The zero-order valence-corrected chi connectivity index (χ0v) is 13.2. The number of benzene rings is 1. The van der Waals surface area contributed by atoms with E-state index in [9.17, 15) is 9.90 Å². The number of hydrogen-bond donors (Lipinski definition) is 2. The van der Waals surface area contributed by atoms with Crippen LogP contribution >= 0.6 is 11.6 Å². The molecular formula is C16H24ClNO2. The van der Waals surface area contributed by atoms with Crippen molar-refractivity contribution in [3.63, 3.8) is 0 Å². The normalized spacial score (nSPS) is 15.6. The molecule has 20 heavy (non-hydrogen) atoms. The summed E-state index contributed by atoms with van der Waals surface area (Å²) in [5.74, 6) is -0.538. The van der Waals surface area contributed by atoms with Crippen molar-refractivity contribution in [3.05, 3.63) is 34.9 Å². The molecule has 0 saturated carbocycles. The topological polar surface area (TPSA) is 49.3 Å². The van der Waals surface area contributed by atoms with Crippen molar-refractivity contribution in [3.8, 4) is 0 Å². The van der Waals surface area contributed by atoms with E-state index >= 15 is 0 Å². The second kappa shape index (κ2) is 8.28. The minimum atomic E-state index is -0.770. The Kier molecular flexibility index (Phi) is 7.03. The van der Waals surface area contributed by atoms with Crippen molar-refractivity contribution in [2.75, 3.05) is 0 Å². The van der Waals surface area contributed by atoms with Gasteiger partial charge in [-0.15, -0.1) is 0 Å². The van der Waals surface area contributed by atoms with Crippen molar-refractivity contribution >= 4 is 17.6 Å². The van der Waals surface area contributed by atoms with Crippen LogP contribution in [0.4, 0.5) is 0 Å². The van der Waals surface area contributed by atoms with Gasteiger partial charge in [-0.2, -0.15) is 0 Å². The van der Waals surface area contributed by atoms with E-state index in [1.165, 1.54) is 0 Å². The van der Waals surface area contributed by atoms with E-state index in [1.807, 2.05) is 31.2 Å². The second-order valence-electron chi connectivity index (χ2n) is 5.33. The highest BCUT2D eigenvalue weighted by Crippen LogP contribution is 2.21. The molecule has 2 N–H and O–H groups in total. The van der Waals surface area contributed by atoms with Gasteiger partial charge in [-0.1, -0.05) is 50.4 Å². The lowest BCUT2D eigenvalue weighted by Gasteiger charge is -2.25. The fourth-order valence-corrected chi connectivity index (χ4v) is 2.33. The molecule has 1 aromatic carbocycles. The maximum atomic E-state index is 11.3. The molecule has 0 aromatic heterocycles. The number of unbranched alkanes of at least 4 members (excludes halogenated alkanes) is 1. The van der Waals surface area contributed by atoms with Crippen LogP contribution in [-0.2, 0) is 4.79 Å². The Labute approximate surface area is 126 Å². The van der Waals surface area contributed by atoms with Gasteiger partial charge in [0, 0.05) is 11.1 Å². The summed E-state index contributed by atoms with van der Waals surface area (Å²) < 4.78 is 0. The van der Waals surface area contributed by atoms with E-state index in [1.54, 1.807) is 0 Å². The summed E-state index contributed by atoms with van der Waals surface area (Å²) in [6.07, 6.45) is 2.60. The highest BCUT2D eigenvalue weighted by Gasteiger charge is 2.22. The van der Waals surface area contributed by atoms with Crippen molar-refractivity contribution in [1.82, 2.24) is 5.32 Å². The van der Waals surface area contributed by atoms with Gasteiger partial charge in [-0.25, -0.2) is 0 Å². The van der Waals surface area contributed by atoms with Gasteiger partial charge in [0.2, 0.25) is 0 Å². The van der Waals surface area contributed by atoms with E-state index in [-0.39, 0.29) is 12.0 Å². The van der Waals surface area contributed by atoms with Crippen LogP contribution in [0, 0.1) is 0 Å². The minimum Gasteiger partial charge on any atom is -0.480 e. The summed E-state index contributed by atoms with van der Waals surface area (Å²) in [5.41, 5.74) is 1.16. The fraction of sp³-hybridized carbons (Fsp3) is 0.562. The maximum Gasteiger partial charge on any atom is 0.320 e. The number of carboxylic acids is 1. The molecule has 3 atom stereocenters. The summed E-state index contributed by atoms with van der Waals surface area (Å²) in [6.45, 7) is 6.19. The smallest absolute Gasteiger partial charge is 0.320 e. The molecule has 0 bridgehead atoms. The molecule has 0 radical (unpaired) electrons. The minimum absolute atomic E-state index is 0.0918. The monoisotopic (exact) mass is 297 g/mol. The molecule has 0 heterocycles. The van der Waals surface area contributed by atoms with Gasteiger partial charge in [0.05, 0.1) is 0 Å². The Morgan fingerprint density at radius 3 is 2.40 bits per heavy atom. The summed E-state index contributed by atoms with van der Waals surface area (Å²) in [4.78, 5) is 11.3. The lowest BCUT2D eigenvalue weighted by molar-refractivity contribution is -0.139. The molecule has 0 amide bonds. The Hall–Kier alpha value is -1.06. The van der Waals surface area contributed by atoms with Gasteiger partial charge in [0.25, 0.3) is 0 Å². The Morgan fingerprint density at radius 1 is 1.30 bits per heavy atom. The van der Waals surface area contributed by atoms with Gasteiger partial charge in [-0.3, -0.25) is 4.79 Å². The van der Waals surface area contributed by atoms with Gasteiger partial charge in [0.15, 0.2) is 0 Å². The number of halogens is 1. The van der Waals surface area contributed by atoms with Crippen LogP contribution in [0.2, 0.25) is 5.02 Å². The van der Waals surface area contributed by atoms with Crippen LogP contribution in [0.1, 0.15) is 51.5 Å². The fourth-order valence-electron chi connectivity index (χ4n) is 2.20. The number of nitrogens with one attached hydrogen (secondary N) is 1. The molecule has 0 aliphatic heterocycles. The number of aliphatic carboxylic acids is 1. The highest BCUT2D eigenvalue weighted by molar-refractivity contribution is 6.30. The second-order valence-corrected chi connectivity index (χ2v) is 5.77.